The Morgan fingerprint density at radius 1 is 1.12 bits per heavy atom. The van der Waals surface area contributed by atoms with E-state index in [1.165, 1.54) is 13.8 Å². The number of Topliss-reactive ketones (excluding diaryl/α,β-unsaturated/α-hetero) is 1. The number of hydrogen-bond donors (Lipinski definition) is 2. The van der Waals surface area contributed by atoms with Crippen molar-refractivity contribution in [3.8, 4) is 0 Å². The van der Waals surface area contributed by atoms with Crippen LogP contribution in [0.25, 0.3) is 0 Å². The molecule has 1 heterocycles. The quantitative estimate of drug-likeness (QED) is 0.182. The summed E-state index contributed by atoms with van der Waals surface area (Å²) in [4.78, 5) is 49.5. The van der Waals surface area contributed by atoms with Crippen LogP contribution in [0.1, 0.15) is 39.5 Å². The Labute approximate surface area is 147 Å². The van der Waals surface area contributed by atoms with Crippen LogP contribution in [-0.2, 0) is 23.9 Å². The average molecular weight is 356 g/mol. The van der Waals surface area contributed by atoms with E-state index in [0.29, 0.717) is 45.3 Å². The Bertz CT molecular complexity index is 497. The van der Waals surface area contributed by atoms with Gasteiger partial charge in [-0.1, -0.05) is 0 Å². The molecule has 1 unspecified atom stereocenters. The van der Waals surface area contributed by atoms with Crippen molar-refractivity contribution in [1.82, 2.24) is 15.2 Å². The molecule has 0 aromatic heterocycles. The van der Waals surface area contributed by atoms with Crippen molar-refractivity contribution in [2.24, 2.45) is 5.84 Å². The van der Waals surface area contributed by atoms with Gasteiger partial charge in [0.1, 0.15) is 12.4 Å². The molecule has 1 aliphatic heterocycles. The summed E-state index contributed by atoms with van der Waals surface area (Å²) in [6.45, 7) is 4.79. The maximum Gasteiger partial charge on any atom is 0.302 e. The van der Waals surface area contributed by atoms with Gasteiger partial charge in [-0.25, -0.2) is 5.84 Å². The average Bonchev–Trinajstić information content (AvgIpc) is 2.56. The monoisotopic (exact) mass is 356 g/mol. The van der Waals surface area contributed by atoms with Crippen LogP contribution in [0.4, 0.5) is 0 Å². The van der Waals surface area contributed by atoms with Crippen molar-refractivity contribution >= 4 is 23.6 Å². The number of rotatable bonds is 9. The van der Waals surface area contributed by atoms with E-state index in [-0.39, 0.29) is 42.8 Å². The summed E-state index contributed by atoms with van der Waals surface area (Å²) < 4.78 is 5.07. The summed E-state index contributed by atoms with van der Waals surface area (Å²) in [5, 5.41) is 0. The number of hydrogen-bond acceptors (Lipinski definition) is 7. The number of amides is 2. The van der Waals surface area contributed by atoms with E-state index in [1.54, 1.807) is 4.90 Å². The lowest BCUT2D eigenvalue weighted by atomic mass is 10.1. The van der Waals surface area contributed by atoms with Crippen LogP contribution in [0.15, 0.2) is 0 Å². The second-order valence-corrected chi connectivity index (χ2v) is 6.24. The molecule has 1 fully saturated rings. The highest BCUT2D eigenvalue weighted by atomic mass is 16.5. The first-order valence-corrected chi connectivity index (χ1v) is 8.47. The van der Waals surface area contributed by atoms with Gasteiger partial charge in [-0.2, -0.15) is 0 Å². The van der Waals surface area contributed by atoms with Crippen molar-refractivity contribution in [2.75, 3.05) is 32.8 Å². The number of esters is 1. The minimum Gasteiger partial charge on any atom is -0.464 e. The smallest absolute Gasteiger partial charge is 0.302 e. The van der Waals surface area contributed by atoms with Gasteiger partial charge < -0.3 is 9.64 Å². The zero-order valence-corrected chi connectivity index (χ0v) is 15.0. The molecule has 0 radical (unpaired) electrons. The molecule has 9 nitrogen and oxygen atoms in total. The summed E-state index contributed by atoms with van der Waals surface area (Å²) in [6, 6.07) is -0.187. The summed E-state index contributed by atoms with van der Waals surface area (Å²) in [7, 11) is 0. The molecule has 25 heavy (non-hydrogen) atoms. The van der Waals surface area contributed by atoms with Crippen LogP contribution in [0.3, 0.4) is 0 Å². The van der Waals surface area contributed by atoms with Gasteiger partial charge in [0.15, 0.2) is 0 Å². The molecule has 1 rings (SSSR count). The Balaban J connectivity index is 2.49. The molecule has 1 atom stereocenters. The van der Waals surface area contributed by atoms with Crippen LogP contribution in [0.2, 0.25) is 0 Å². The number of ketones is 1. The third-order valence-corrected chi connectivity index (χ3v) is 4.07. The molecular weight excluding hydrogens is 328 g/mol. The lowest BCUT2D eigenvalue weighted by molar-refractivity contribution is -0.145. The summed E-state index contributed by atoms with van der Waals surface area (Å²) in [5.74, 6) is 4.41. The van der Waals surface area contributed by atoms with Crippen molar-refractivity contribution in [1.29, 1.82) is 0 Å². The Morgan fingerprint density at radius 3 is 2.40 bits per heavy atom. The summed E-state index contributed by atoms with van der Waals surface area (Å²) in [5.41, 5.74) is 2.06. The SMILES string of the molecule is CC(=O)CN1CCN(C(=O)CCCCC(=O)NN)CC1COC(C)=O. The highest BCUT2D eigenvalue weighted by Crippen LogP contribution is 2.13. The molecule has 0 bridgehead atoms. The minimum atomic E-state index is -0.385. The normalized spacial score (nSPS) is 17.9. The maximum absolute atomic E-state index is 12.3. The number of nitrogens with one attached hydrogen (secondary N) is 1. The number of nitrogens with zero attached hydrogens (tertiary/aromatic N) is 2. The zero-order chi connectivity index (χ0) is 18.8. The fourth-order valence-electron chi connectivity index (χ4n) is 2.78. The highest BCUT2D eigenvalue weighted by molar-refractivity contribution is 5.78. The first-order chi connectivity index (χ1) is 11.8. The van der Waals surface area contributed by atoms with Gasteiger partial charge in [-0.15, -0.1) is 0 Å². The molecule has 0 aromatic carbocycles. The Hall–Kier alpha value is -2.00. The number of ether oxygens (including phenoxy) is 1. The van der Waals surface area contributed by atoms with E-state index < -0.39 is 0 Å². The zero-order valence-electron chi connectivity index (χ0n) is 15.0. The predicted octanol–water partition coefficient (Wildman–Crippen LogP) is -0.798. The molecule has 0 aromatic rings. The van der Waals surface area contributed by atoms with Gasteiger partial charge in [0.2, 0.25) is 11.8 Å². The number of carbonyl (C=O) groups excluding carboxylic acids is 4. The van der Waals surface area contributed by atoms with Crippen molar-refractivity contribution < 1.29 is 23.9 Å². The summed E-state index contributed by atoms with van der Waals surface area (Å²) in [6.07, 6.45) is 1.85. The van der Waals surface area contributed by atoms with Gasteiger partial charge in [-0.3, -0.25) is 29.5 Å². The number of piperazine rings is 1. The van der Waals surface area contributed by atoms with Gasteiger partial charge in [0, 0.05) is 39.4 Å². The van der Waals surface area contributed by atoms with E-state index in [4.69, 9.17) is 10.6 Å². The number of hydrazine groups is 1. The van der Waals surface area contributed by atoms with Crippen molar-refractivity contribution in [3.63, 3.8) is 0 Å². The van der Waals surface area contributed by atoms with E-state index >= 15 is 0 Å². The fourth-order valence-corrected chi connectivity index (χ4v) is 2.78. The molecule has 0 spiro atoms. The molecule has 0 saturated carbocycles. The van der Waals surface area contributed by atoms with Crippen LogP contribution < -0.4 is 11.3 Å². The molecular formula is C16H28N4O5. The Morgan fingerprint density at radius 2 is 1.80 bits per heavy atom. The fraction of sp³-hybridized carbons (Fsp3) is 0.750. The van der Waals surface area contributed by atoms with E-state index in [9.17, 15) is 19.2 Å². The van der Waals surface area contributed by atoms with E-state index in [0.717, 1.165) is 0 Å². The molecule has 2 amide bonds. The maximum atomic E-state index is 12.3. The first kappa shape index (κ1) is 21.0. The third kappa shape index (κ3) is 8.08. The molecule has 0 aliphatic carbocycles. The van der Waals surface area contributed by atoms with Crippen LogP contribution in [0.5, 0.6) is 0 Å². The third-order valence-electron chi connectivity index (χ3n) is 4.07. The van der Waals surface area contributed by atoms with Gasteiger partial charge in [0.25, 0.3) is 0 Å². The van der Waals surface area contributed by atoms with Crippen molar-refractivity contribution in [2.45, 2.75) is 45.6 Å². The molecule has 3 N–H and O–H groups in total. The standard InChI is InChI=1S/C16H28N4O5/c1-12(21)9-19-7-8-20(10-14(19)11-25-13(2)22)16(24)6-4-3-5-15(23)18-17/h14H,3-11,17H2,1-2H3,(H,18,23). The second-order valence-electron chi connectivity index (χ2n) is 6.24. The first-order valence-electron chi connectivity index (χ1n) is 8.47. The number of carbonyl (C=O) groups is 4. The highest BCUT2D eigenvalue weighted by Gasteiger charge is 2.30. The van der Waals surface area contributed by atoms with Gasteiger partial charge in [-0.05, 0) is 19.8 Å². The van der Waals surface area contributed by atoms with Gasteiger partial charge in [0.05, 0.1) is 12.6 Å². The number of nitrogens with two attached hydrogens (primary N) is 1. The second kappa shape index (κ2) is 10.8. The largest absolute Gasteiger partial charge is 0.464 e. The summed E-state index contributed by atoms with van der Waals surface area (Å²) >= 11 is 0. The minimum absolute atomic E-state index is 0.00320. The predicted molar refractivity (Wildman–Crippen MR) is 90.1 cm³/mol. The van der Waals surface area contributed by atoms with Crippen LogP contribution in [0, 0.1) is 0 Å². The molecule has 1 aliphatic rings. The van der Waals surface area contributed by atoms with Crippen LogP contribution in [-0.4, -0.2) is 72.2 Å². The van der Waals surface area contributed by atoms with Crippen molar-refractivity contribution in [3.05, 3.63) is 0 Å². The van der Waals surface area contributed by atoms with E-state index in [1.807, 2.05) is 4.90 Å². The molecule has 9 heteroatoms. The molecule has 142 valence electrons. The number of unbranched alkanes of at least 4 members (excludes halogenated alkanes) is 1. The van der Waals surface area contributed by atoms with Crippen LogP contribution >= 0.6 is 0 Å². The van der Waals surface area contributed by atoms with Gasteiger partial charge >= 0.3 is 5.97 Å². The lowest BCUT2D eigenvalue weighted by Gasteiger charge is -2.40. The van der Waals surface area contributed by atoms with E-state index in [2.05, 4.69) is 5.43 Å². The Kier molecular flexibility index (Phi) is 9.07. The molecule has 1 saturated heterocycles. The topological polar surface area (TPSA) is 122 Å². The lowest BCUT2D eigenvalue weighted by Crippen LogP contribution is -2.57.